The van der Waals surface area contributed by atoms with Crippen LogP contribution in [0.15, 0.2) is 42.7 Å². The Labute approximate surface area is 164 Å². The van der Waals surface area contributed by atoms with E-state index in [1.807, 2.05) is 18.5 Å². The molecule has 0 saturated carbocycles. The Morgan fingerprint density at radius 1 is 1.04 bits per heavy atom. The van der Waals surface area contributed by atoms with Crippen LogP contribution in [0.25, 0.3) is 10.9 Å². The third-order valence-electron chi connectivity index (χ3n) is 5.85. The zero-order valence-corrected chi connectivity index (χ0v) is 16.0. The molecule has 0 unspecified atom stereocenters. The minimum Gasteiger partial charge on any atom is -0.391 e. The lowest BCUT2D eigenvalue weighted by Gasteiger charge is -2.35. The highest BCUT2D eigenvalue weighted by atomic mass is 16.3. The molecular weight excluding hydrogens is 352 g/mol. The number of hydrogen-bond acceptors (Lipinski definition) is 6. The summed E-state index contributed by atoms with van der Waals surface area (Å²) in [6.07, 6.45) is 4.41. The van der Waals surface area contributed by atoms with Gasteiger partial charge in [0.1, 0.15) is 5.82 Å². The van der Waals surface area contributed by atoms with Gasteiger partial charge in [0.2, 0.25) is 5.95 Å². The molecule has 1 aromatic carbocycles. The first kappa shape index (κ1) is 17.5. The third-order valence-corrected chi connectivity index (χ3v) is 5.85. The average Bonchev–Trinajstić information content (AvgIpc) is 3.38. The molecule has 1 atom stereocenters. The van der Waals surface area contributed by atoms with Gasteiger partial charge in [0, 0.05) is 69.1 Å². The molecule has 2 aliphatic heterocycles. The summed E-state index contributed by atoms with van der Waals surface area (Å²) in [4.78, 5) is 19.5. The highest BCUT2D eigenvalue weighted by Gasteiger charge is 2.24. The van der Waals surface area contributed by atoms with Crippen LogP contribution in [-0.4, -0.2) is 70.3 Å². The van der Waals surface area contributed by atoms with Gasteiger partial charge < -0.3 is 19.9 Å². The molecule has 2 saturated heterocycles. The second kappa shape index (κ2) is 7.41. The standard InChI is InChI=1S/C21H26N6O/c28-17-6-9-27(15-17)20-5-8-23-21(24-20)26-12-10-25(11-13-26)14-16-2-1-3-19-18(16)4-7-22-19/h1-5,7-8,17,22,28H,6,9-15H2/t17-/m0/s1. The number of aromatic amines is 1. The van der Waals surface area contributed by atoms with E-state index in [9.17, 15) is 5.11 Å². The van der Waals surface area contributed by atoms with Crippen LogP contribution in [0.2, 0.25) is 0 Å². The van der Waals surface area contributed by atoms with Gasteiger partial charge >= 0.3 is 0 Å². The van der Waals surface area contributed by atoms with Crippen molar-refractivity contribution in [3.8, 4) is 0 Å². The molecule has 0 radical (unpaired) electrons. The van der Waals surface area contributed by atoms with Gasteiger partial charge in [-0.3, -0.25) is 4.90 Å². The molecule has 2 aliphatic rings. The number of aromatic nitrogens is 3. The Morgan fingerprint density at radius 2 is 1.93 bits per heavy atom. The van der Waals surface area contributed by atoms with Gasteiger partial charge in [-0.25, -0.2) is 4.98 Å². The number of rotatable bonds is 4. The van der Waals surface area contributed by atoms with Crippen LogP contribution in [-0.2, 0) is 6.54 Å². The first-order valence-electron chi connectivity index (χ1n) is 10.0. The number of anilines is 2. The van der Waals surface area contributed by atoms with E-state index in [1.165, 1.54) is 16.5 Å². The first-order chi connectivity index (χ1) is 13.8. The Morgan fingerprint density at radius 3 is 2.75 bits per heavy atom. The van der Waals surface area contributed by atoms with E-state index < -0.39 is 0 Å². The van der Waals surface area contributed by atoms with Crippen molar-refractivity contribution in [1.82, 2.24) is 19.9 Å². The summed E-state index contributed by atoms with van der Waals surface area (Å²) < 4.78 is 0. The van der Waals surface area contributed by atoms with E-state index >= 15 is 0 Å². The molecule has 0 bridgehead atoms. The van der Waals surface area contributed by atoms with Gasteiger partial charge in [0.05, 0.1) is 6.10 Å². The topological polar surface area (TPSA) is 71.5 Å². The van der Waals surface area contributed by atoms with E-state index in [-0.39, 0.29) is 6.10 Å². The van der Waals surface area contributed by atoms with Crippen LogP contribution in [0, 0.1) is 0 Å². The fourth-order valence-electron chi connectivity index (χ4n) is 4.25. The summed E-state index contributed by atoms with van der Waals surface area (Å²) in [5.41, 5.74) is 2.58. The Balaban J connectivity index is 1.23. The molecule has 5 rings (SSSR count). The zero-order valence-electron chi connectivity index (χ0n) is 16.0. The third kappa shape index (κ3) is 3.43. The number of nitrogens with one attached hydrogen (secondary N) is 1. The molecule has 4 heterocycles. The van der Waals surface area contributed by atoms with E-state index in [0.717, 1.165) is 57.5 Å². The summed E-state index contributed by atoms with van der Waals surface area (Å²) in [6.45, 7) is 6.33. The first-order valence-corrected chi connectivity index (χ1v) is 10.0. The largest absolute Gasteiger partial charge is 0.391 e. The van der Waals surface area contributed by atoms with Gasteiger partial charge in [0.15, 0.2) is 0 Å². The van der Waals surface area contributed by atoms with Crippen molar-refractivity contribution in [3.63, 3.8) is 0 Å². The number of H-pyrrole nitrogens is 1. The average molecular weight is 378 g/mol. The number of fused-ring (bicyclic) bond motifs is 1. The number of benzene rings is 1. The molecular formula is C21H26N6O. The lowest BCUT2D eigenvalue weighted by atomic mass is 10.1. The van der Waals surface area contributed by atoms with Crippen LogP contribution in [0.1, 0.15) is 12.0 Å². The second-order valence-electron chi connectivity index (χ2n) is 7.72. The molecule has 28 heavy (non-hydrogen) atoms. The zero-order chi connectivity index (χ0) is 18.9. The minimum atomic E-state index is -0.244. The van der Waals surface area contributed by atoms with Crippen molar-refractivity contribution in [3.05, 3.63) is 48.3 Å². The number of aliphatic hydroxyl groups excluding tert-OH is 1. The normalized spacial score (nSPS) is 21.0. The minimum absolute atomic E-state index is 0.244. The van der Waals surface area contributed by atoms with Crippen LogP contribution >= 0.6 is 0 Å². The van der Waals surface area contributed by atoms with Crippen molar-refractivity contribution in [2.75, 3.05) is 49.1 Å². The fourth-order valence-corrected chi connectivity index (χ4v) is 4.25. The second-order valence-corrected chi connectivity index (χ2v) is 7.72. The molecule has 2 fully saturated rings. The highest BCUT2D eigenvalue weighted by molar-refractivity contribution is 5.82. The van der Waals surface area contributed by atoms with Crippen LogP contribution in [0.4, 0.5) is 11.8 Å². The summed E-state index contributed by atoms with van der Waals surface area (Å²) in [6, 6.07) is 10.6. The molecule has 3 aromatic rings. The van der Waals surface area contributed by atoms with Gasteiger partial charge in [-0.1, -0.05) is 12.1 Å². The van der Waals surface area contributed by atoms with E-state index in [1.54, 1.807) is 0 Å². The SMILES string of the molecule is O[C@H]1CCN(c2ccnc(N3CCN(Cc4cccc5[nH]ccc45)CC3)n2)C1. The van der Waals surface area contributed by atoms with Crippen molar-refractivity contribution in [1.29, 1.82) is 0 Å². The molecule has 7 heteroatoms. The number of β-amino-alcohol motifs (C(OH)–C–C–N with tert-alkyl or cyclic N) is 1. The van der Waals surface area contributed by atoms with Crippen LogP contribution in [0.3, 0.4) is 0 Å². The van der Waals surface area contributed by atoms with E-state index in [0.29, 0.717) is 6.54 Å². The van der Waals surface area contributed by atoms with Crippen molar-refractivity contribution < 1.29 is 5.11 Å². The van der Waals surface area contributed by atoms with E-state index in [4.69, 9.17) is 4.98 Å². The monoisotopic (exact) mass is 378 g/mol. The van der Waals surface area contributed by atoms with E-state index in [2.05, 4.69) is 48.9 Å². The van der Waals surface area contributed by atoms with Crippen LogP contribution in [0.5, 0.6) is 0 Å². The van der Waals surface area contributed by atoms with Crippen LogP contribution < -0.4 is 9.80 Å². The number of piperazine rings is 1. The van der Waals surface area contributed by atoms with Crippen molar-refractivity contribution in [2.45, 2.75) is 19.1 Å². The quantitative estimate of drug-likeness (QED) is 0.722. The number of hydrogen-bond donors (Lipinski definition) is 2. The maximum absolute atomic E-state index is 9.78. The highest BCUT2D eigenvalue weighted by Crippen LogP contribution is 2.22. The predicted octanol–water partition coefficient (Wildman–Crippen LogP) is 1.85. The van der Waals surface area contributed by atoms with Gasteiger partial charge in [-0.05, 0) is 30.2 Å². The van der Waals surface area contributed by atoms with Crippen molar-refractivity contribution >= 4 is 22.7 Å². The number of aliphatic hydroxyl groups is 1. The summed E-state index contributed by atoms with van der Waals surface area (Å²) in [5, 5.41) is 11.1. The number of nitrogens with zero attached hydrogens (tertiary/aromatic N) is 5. The maximum atomic E-state index is 9.78. The molecule has 0 spiro atoms. The molecule has 0 aliphatic carbocycles. The predicted molar refractivity (Wildman–Crippen MR) is 111 cm³/mol. The molecule has 7 nitrogen and oxygen atoms in total. The molecule has 2 N–H and O–H groups in total. The lowest BCUT2D eigenvalue weighted by molar-refractivity contribution is 0.198. The Bertz CT molecular complexity index is 949. The van der Waals surface area contributed by atoms with Crippen molar-refractivity contribution in [2.24, 2.45) is 0 Å². The molecule has 0 amide bonds. The molecule has 146 valence electrons. The fraction of sp³-hybridized carbons (Fsp3) is 0.429. The Hall–Kier alpha value is -2.64. The summed E-state index contributed by atoms with van der Waals surface area (Å²) >= 11 is 0. The van der Waals surface area contributed by atoms with Gasteiger partial charge in [-0.2, -0.15) is 4.98 Å². The smallest absolute Gasteiger partial charge is 0.227 e. The molecule has 2 aromatic heterocycles. The summed E-state index contributed by atoms with van der Waals surface area (Å²) in [7, 11) is 0. The Kier molecular flexibility index (Phi) is 4.62. The summed E-state index contributed by atoms with van der Waals surface area (Å²) in [5.74, 6) is 1.72. The van der Waals surface area contributed by atoms with Gasteiger partial charge in [-0.15, -0.1) is 0 Å². The lowest BCUT2D eigenvalue weighted by Crippen LogP contribution is -2.46. The maximum Gasteiger partial charge on any atom is 0.227 e. The van der Waals surface area contributed by atoms with Gasteiger partial charge in [0.25, 0.3) is 0 Å².